The standard InChI is InChI=1S/C18H16ClN3O4/c1-13-11-15(8-9-16(13)19)26-12-18(23)21-20-10-4-6-14-5-2-3-7-17(14)22(24)25/h2-11H,12H2,1H3,(H,21,23)/b6-4+,20-10+. The number of nitrogens with one attached hydrogen (secondary N) is 1. The van der Waals surface area contributed by atoms with Gasteiger partial charge >= 0.3 is 0 Å². The molecular formula is C18H16ClN3O4. The quantitative estimate of drug-likeness (QED) is 0.454. The van der Waals surface area contributed by atoms with E-state index in [0.717, 1.165) is 5.56 Å². The van der Waals surface area contributed by atoms with Gasteiger partial charge in [-0.2, -0.15) is 5.10 Å². The first-order chi connectivity index (χ1) is 12.5. The van der Waals surface area contributed by atoms with Crippen LogP contribution in [0.4, 0.5) is 5.69 Å². The maximum Gasteiger partial charge on any atom is 0.277 e. The molecule has 8 heteroatoms. The van der Waals surface area contributed by atoms with E-state index in [1.54, 1.807) is 36.4 Å². The second-order valence-corrected chi connectivity index (χ2v) is 5.60. The topological polar surface area (TPSA) is 93.8 Å². The van der Waals surface area contributed by atoms with Gasteiger partial charge in [0.1, 0.15) is 5.75 Å². The van der Waals surface area contributed by atoms with E-state index in [2.05, 4.69) is 10.5 Å². The van der Waals surface area contributed by atoms with Crippen LogP contribution in [0, 0.1) is 17.0 Å². The molecule has 2 aromatic carbocycles. The van der Waals surface area contributed by atoms with Crippen LogP contribution in [0.3, 0.4) is 0 Å². The third-order valence-corrected chi connectivity index (χ3v) is 3.68. The van der Waals surface area contributed by atoms with Crippen molar-refractivity contribution in [2.24, 2.45) is 5.10 Å². The normalized spacial score (nSPS) is 11.0. The predicted molar refractivity (Wildman–Crippen MR) is 100 cm³/mol. The fourth-order valence-electron chi connectivity index (χ4n) is 1.98. The molecular weight excluding hydrogens is 358 g/mol. The SMILES string of the molecule is Cc1cc(OCC(=O)N/N=C/C=C/c2ccccc2[N+](=O)[O-])ccc1Cl. The number of hydrogen-bond acceptors (Lipinski definition) is 5. The van der Waals surface area contributed by atoms with E-state index in [1.165, 1.54) is 24.4 Å². The van der Waals surface area contributed by atoms with Crippen molar-refractivity contribution in [2.45, 2.75) is 6.92 Å². The highest BCUT2D eigenvalue weighted by Gasteiger charge is 2.08. The Morgan fingerprint density at radius 3 is 2.85 bits per heavy atom. The Morgan fingerprint density at radius 1 is 1.35 bits per heavy atom. The number of allylic oxidation sites excluding steroid dienone is 1. The van der Waals surface area contributed by atoms with Gasteiger partial charge in [-0.15, -0.1) is 0 Å². The molecule has 1 amide bonds. The highest BCUT2D eigenvalue weighted by molar-refractivity contribution is 6.31. The highest BCUT2D eigenvalue weighted by atomic mass is 35.5. The second-order valence-electron chi connectivity index (χ2n) is 5.19. The number of hydrazone groups is 1. The molecule has 0 fully saturated rings. The lowest BCUT2D eigenvalue weighted by Gasteiger charge is -2.06. The lowest BCUT2D eigenvalue weighted by Crippen LogP contribution is -2.24. The molecule has 0 aliphatic heterocycles. The first-order valence-corrected chi connectivity index (χ1v) is 7.96. The molecule has 0 radical (unpaired) electrons. The average Bonchev–Trinajstić information content (AvgIpc) is 2.62. The maximum atomic E-state index is 11.7. The molecule has 134 valence electrons. The number of carbonyl (C=O) groups is 1. The van der Waals surface area contributed by atoms with Gasteiger partial charge in [0.15, 0.2) is 6.61 Å². The minimum Gasteiger partial charge on any atom is -0.484 e. The summed E-state index contributed by atoms with van der Waals surface area (Å²) >= 11 is 5.92. The molecule has 0 aromatic heterocycles. The first kappa shape index (κ1) is 19.1. The Labute approximate surface area is 155 Å². The van der Waals surface area contributed by atoms with E-state index in [-0.39, 0.29) is 12.3 Å². The van der Waals surface area contributed by atoms with Crippen molar-refractivity contribution in [3.63, 3.8) is 0 Å². The number of rotatable bonds is 7. The van der Waals surface area contributed by atoms with Crippen LogP contribution in [0.25, 0.3) is 6.08 Å². The minimum absolute atomic E-state index is 0.00663. The average molecular weight is 374 g/mol. The summed E-state index contributed by atoms with van der Waals surface area (Å²) in [6.07, 6.45) is 4.34. The molecule has 0 unspecified atom stereocenters. The van der Waals surface area contributed by atoms with Gasteiger partial charge in [-0.25, -0.2) is 5.43 Å². The summed E-state index contributed by atoms with van der Waals surface area (Å²) < 4.78 is 5.33. The Balaban J connectivity index is 1.82. The monoisotopic (exact) mass is 373 g/mol. The first-order valence-electron chi connectivity index (χ1n) is 7.58. The molecule has 0 aliphatic rings. The second kappa shape index (κ2) is 9.33. The van der Waals surface area contributed by atoms with Crippen LogP contribution in [0.15, 0.2) is 53.6 Å². The Kier molecular flexibility index (Phi) is 6.87. The zero-order valence-electron chi connectivity index (χ0n) is 13.9. The van der Waals surface area contributed by atoms with Gasteiger partial charge in [0, 0.05) is 17.3 Å². The lowest BCUT2D eigenvalue weighted by atomic mass is 10.2. The number of nitrogens with zero attached hydrogens (tertiary/aromatic N) is 2. The fraction of sp³-hybridized carbons (Fsp3) is 0.111. The largest absolute Gasteiger partial charge is 0.484 e. The number of nitro benzene ring substituents is 1. The van der Waals surface area contributed by atoms with Gasteiger partial charge in [0.05, 0.1) is 10.5 Å². The number of amides is 1. The number of carbonyl (C=O) groups excluding carboxylic acids is 1. The summed E-state index contributed by atoms with van der Waals surface area (Å²) in [7, 11) is 0. The van der Waals surface area contributed by atoms with Crippen molar-refractivity contribution in [3.05, 3.63) is 74.8 Å². The van der Waals surface area contributed by atoms with E-state index in [0.29, 0.717) is 16.3 Å². The van der Waals surface area contributed by atoms with Crippen LogP contribution in [-0.2, 0) is 4.79 Å². The highest BCUT2D eigenvalue weighted by Crippen LogP contribution is 2.21. The number of ether oxygens (including phenoxy) is 1. The van der Waals surface area contributed by atoms with Crippen molar-refractivity contribution in [3.8, 4) is 5.75 Å². The van der Waals surface area contributed by atoms with Gasteiger partial charge in [-0.1, -0.05) is 23.7 Å². The van der Waals surface area contributed by atoms with Crippen LogP contribution < -0.4 is 10.2 Å². The Hall–Kier alpha value is -3.19. The van der Waals surface area contributed by atoms with Crippen molar-refractivity contribution in [1.29, 1.82) is 0 Å². The van der Waals surface area contributed by atoms with Crippen LogP contribution in [0.5, 0.6) is 5.75 Å². The fourth-order valence-corrected chi connectivity index (χ4v) is 2.10. The summed E-state index contributed by atoms with van der Waals surface area (Å²) in [6.45, 7) is 1.63. The molecule has 7 nitrogen and oxygen atoms in total. The molecule has 0 saturated carbocycles. The lowest BCUT2D eigenvalue weighted by molar-refractivity contribution is -0.385. The zero-order valence-corrected chi connectivity index (χ0v) is 14.6. The van der Waals surface area contributed by atoms with Crippen LogP contribution in [0.1, 0.15) is 11.1 Å². The summed E-state index contributed by atoms with van der Waals surface area (Å²) in [4.78, 5) is 22.1. The smallest absolute Gasteiger partial charge is 0.277 e. The van der Waals surface area contributed by atoms with Gasteiger partial charge in [0.25, 0.3) is 11.6 Å². The summed E-state index contributed by atoms with van der Waals surface area (Å²) in [6, 6.07) is 11.4. The molecule has 0 saturated heterocycles. The summed E-state index contributed by atoms with van der Waals surface area (Å²) in [5.41, 5.74) is 3.58. The molecule has 0 atom stereocenters. The maximum absolute atomic E-state index is 11.7. The van der Waals surface area contributed by atoms with Crippen LogP contribution in [0.2, 0.25) is 5.02 Å². The molecule has 1 N–H and O–H groups in total. The molecule has 26 heavy (non-hydrogen) atoms. The number of hydrogen-bond donors (Lipinski definition) is 1. The number of nitro groups is 1. The number of aryl methyl sites for hydroxylation is 1. The van der Waals surface area contributed by atoms with E-state index in [9.17, 15) is 14.9 Å². The number of benzene rings is 2. The number of para-hydroxylation sites is 1. The molecule has 0 bridgehead atoms. The molecule has 0 heterocycles. The molecule has 2 rings (SSSR count). The summed E-state index contributed by atoms with van der Waals surface area (Å²) in [5.74, 6) is 0.0928. The van der Waals surface area contributed by atoms with E-state index in [4.69, 9.17) is 16.3 Å². The molecule has 2 aromatic rings. The van der Waals surface area contributed by atoms with Crippen LogP contribution >= 0.6 is 11.6 Å². The van der Waals surface area contributed by atoms with Gasteiger partial charge in [-0.05, 0) is 48.9 Å². The van der Waals surface area contributed by atoms with Gasteiger partial charge in [-0.3, -0.25) is 14.9 Å². The third-order valence-electron chi connectivity index (χ3n) is 3.26. The number of halogens is 1. The van der Waals surface area contributed by atoms with Crippen molar-refractivity contribution in [1.82, 2.24) is 5.43 Å². The molecule has 0 aliphatic carbocycles. The van der Waals surface area contributed by atoms with E-state index >= 15 is 0 Å². The Morgan fingerprint density at radius 2 is 2.12 bits per heavy atom. The van der Waals surface area contributed by atoms with Crippen molar-refractivity contribution >= 4 is 35.5 Å². The zero-order chi connectivity index (χ0) is 18.9. The van der Waals surface area contributed by atoms with E-state index in [1.807, 2.05) is 6.92 Å². The van der Waals surface area contributed by atoms with Gasteiger partial charge < -0.3 is 4.74 Å². The van der Waals surface area contributed by atoms with Crippen molar-refractivity contribution < 1.29 is 14.5 Å². The van der Waals surface area contributed by atoms with Gasteiger partial charge in [0.2, 0.25) is 0 Å². The van der Waals surface area contributed by atoms with Crippen molar-refractivity contribution in [2.75, 3.05) is 6.61 Å². The molecule has 0 spiro atoms. The Bertz CT molecular complexity index is 865. The van der Waals surface area contributed by atoms with Crippen LogP contribution in [-0.4, -0.2) is 23.7 Å². The third kappa shape index (κ3) is 5.71. The predicted octanol–water partition coefficient (Wildman–Crippen LogP) is 3.75. The van der Waals surface area contributed by atoms with E-state index < -0.39 is 10.8 Å². The minimum atomic E-state index is -0.464. The summed E-state index contributed by atoms with van der Waals surface area (Å²) in [5, 5.41) is 15.2.